The molecule has 0 bridgehead atoms. The van der Waals surface area contributed by atoms with E-state index in [2.05, 4.69) is 60.7 Å². The lowest BCUT2D eigenvalue weighted by Gasteiger charge is -2.24. The fourth-order valence-electron chi connectivity index (χ4n) is 7.03. The Morgan fingerprint density at radius 1 is 0.298 bits per heavy atom. The van der Waals surface area contributed by atoms with Crippen molar-refractivity contribution in [2.75, 3.05) is 282 Å². The van der Waals surface area contributed by atoms with Gasteiger partial charge in [-0.05, 0) is 49.9 Å². The van der Waals surface area contributed by atoms with Crippen molar-refractivity contribution in [2.45, 2.75) is 131 Å². The van der Waals surface area contributed by atoms with E-state index in [0.29, 0.717) is 216 Å². The van der Waals surface area contributed by atoms with E-state index in [-0.39, 0.29) is 43.1 Å². The second-order valence-electron chi connectivity index (χ2n) is 21.3. The van der Waals surface area contributed by atoms with E-state index in [1.807, 2.05) is 0 Å². The maximum absolute atomic E-state index is 11.6. The number of methoxy groups -OCH3 is 9. The predicted octanol–water partition coefficient (Wildman–Crippen LogP) is 7.45. The molecule has 0 aliphatic carbocycles. The lowest BCUT2D eigenvalue weighted by molar-refractivity contribution is -0.142. The summed E-state index contributed by atoms with van der Waals surface area (Å²) < 4.78 is 127. The Morgan fingerprint density at radius 2 is 0.596 bits per heavy atom. The highest BCUT2D eigenvalue weighted by atomic mass is 16.6. The highest BCUT2D eigenvalue weighted by molar-refractivity contribution is 5.67. The Balaban J connectivity index is -0.000000399. The molecule has 570 valence electrons. The van der Waals surface area contributed by atoms with Crippen LogP contribution in [0.1, 0.15) is 101 Å². The van der Waals surface area contributed by atoms with Crippen molar-refractivity contribution in [1.82, 2.24) is 5.32 Å². The van der Waals surface area contributed by atoms with Gasteiger partial charge < -0.3 is 119 Å². The van der Waals surface area contributed by atoms with Gasteiger partial charge >= 0.3 is 12.1 Å². The number of rotatable bonds is 66. The van der Waals surface area contributed by atoms with Gasteiger partial charge in [-0.15, -0.1) is 0 Å². The summed E-state index contributed by atoms with van der Waals surface area (Å²) in [5, 5.41) is 2.68. The molecule has 0 rings (SSSR count). The average molecular weight is 1380 g/mol. The third-order valence-electron chi connectivity index (χ3n) is 13.2. The van der Waals surface area contributed by atoms with E-state index >= 15 is 0 Å². The zero-order valence-corrected chi connectivity index (χ0v) is 62.3. The number of carbonyl (C=O) groups excluding carboxylic acids is 2. The largest absolute Gasteiger partial charge is 0.466 e. The van der Waals surface area contributed by atoms with Crippen LogP contribution < -0.4 is 5.32 Å². The van der Waals surface area contributed by atoms with Crippen LogP contribution >= 0.6 is 0 Å². The van der Waals surface area contributed by atoms with E-state index in [9.17, 15) is 9.59 Å². The summed E-state index contributed by atoms with van der Waals surface area (Å²) >= 11 is 0. The van der Waals surface area contributed by atoms with E-state index in [1.54, 1.807) is 64.0 Å². The third-order valence-corrected chi connectivity index (χ3v) is 13.2. The maximum atomic E-state index is 11.6. The number of hydrogen-bond donors (Lipinski definition) is 1. The Kier molecular flexibility index (Phi) is 93.0. The van der Waals surface area contributed by atoms with Gasteiger partial charge in [-0.1, -0.05) is 61.8 Å². The molecular weight excluding hydrogens is 1230 g/mol. The van der Waals surface area contributed by atoms with Gasteiger partial charge in [0.1, 0.15) is 24.9 Å². The van der Waals surface area contributed by atoms with E-state index in [0.717, 1.165) is 45.3 Å². The molecule has 27 nitrogen and oxygen atoms in total. The normalized spacial score (nSPS) is 13.6. The van der Waals surface area contributed by atoms with Gasteiger partial charge in [0.2, 0.25) is 0 Å². The van der Waals surface area contributed by atoms with Gasteiger partial charge in [-0.25, -0.2) is 4.79 Å². The minimum atomic E-state index is -0.470. The van der Waals surface area contributed by atoms with Crippen LogP contribution in [0.15, 0.2) is 0 Å². The topological polar surface area (TPSA) is 268 Å². The van der Waals surface area contributed by atoms with Gasteiger partial charge in [0.25, 0.3) is 0 Å². The summed E-state index contributed by atoms with van der Waals surface area (Å²) in [4.78, 5) is 22.2. The van der Waals surface area contributed by atoms with Crippen LogP contribution in [-0.4, -0.2) is 325 Å². The number of nitrogens with one attached hydrogen (secondary N) is 1. The third kappa shape index (κ3) is 82.3. The second kappa shape index (κ2) is 86.9. The fourth-order valence-corrected chi connectivity index (χ4v) is 7.03. The number of alkyl carbamates (subject to hydrolysis) is 1. The van der Waals surface area contributed by atoms with E-state index in [1.165, 1.54) is 13.3 Å². The highest BCUT2D eigenvalue weighted by Gasteiger charge is 2.19. The van der Waals surface area contributed by atoms with Crippen molar-refractivity contribution in [3.05, 3.63) is 0 Å². The Hall–Kier alpha value is -2.14. The molecule has 0 saturated carbocycles. The summed E-state index contributed by atoms with van der Waals surface area (Å²) in [7, 11) is 14.8. The zero-order valence-electron chi connectivity index (χ0n) is 62.3. The van der Waals surface area contributed by atoms with Gasteiger partial charge in [0.05, 0.1) is 197 Å². The second-order valence-corrected chi connectivity index (χ2v) is 21.3. The van der Waals surface area contributed by atoms with Gasteiger partial charge in [0, 0.05) is 97.3 Å². The van der Waals surface area contributed by atoms with Crippen molar-refractivity contribution in [3.63, 3.8) is 0 Å². The van der Waals surface area contributed by atoms with Crippen molar-refractivity contribution >= 4 is 12.1 Å². The first-order valence-electron chi connectivity index (χ1n) is 33.8. The molecule has 0 aromatic carbocycles. The molecule has 27 heteroatoms. The SMILES string of the molecule is CCC(C)C(C)C(C)COC(C)=O.CCC(COCCOC)OCCOC.CCC(COCCOCC(COCCOC)OCCOC)OCCOCC(COCCOC)OCCOC.CCCOC.CCCOCCCNC(=O)OCC(COCCOC)OCCOC. The number of hydrogen-bond acceptors (Lipinski definition) is 26. The summed E-state index contributed by atoms with van der Waals surface area (Å²) in [5.74, 6) is 1.59. The van der Waals surface area contributed by atoms with Crippen molar-refractivity contribution in [3.8, 4) is 0 Å². The molecule has 0 aromatic heterocycles. The van der Waals surface area contributed by atoms with E-state index in [4.69, 9.17) is 114 Å². The van der Waals surface area contributed by atoms with Crippen molar-refractivity contribution in [2.24, 2.45) is 17.8 Å². The van der Waals surface area contributed by atoms with E-state index < -0.39 is 6.09 Å². The molecule has 0 fully saturated rings. The minimum Gasteiger partial charge on any atom is -0.466 e. The quantitative estimate of drug-likeness (QED) is 0.0457. The first-order chi connectivity index (χ1) is 45.7. The molecule has 8 unspecified atom stereocenters. The Labute approximate surface area is 569 Å². The van der Waals surface area contributed by atoms with Gasteiger partial charge in [0.15, 0.2) is 0 Å². The van der Waals surface area contributed by atoms with Crippen LogP contribution in [0.25, 0.3) is 0 Å². The zero-order chi connectivity index (χ0) is 71.0. The Bertz CT molecular complexity index is 1410. The fraction of sp³-hybridized carbons (Fsp3) is 0.970. The molecule has 0 saturated heterocycles. The smallest absolute Gasteiger partial charge is 0.407 e. The minimum absolute atomic E-state index is 0.0102. The molecule has 0 heterocycles. The molecule has 1 amide bonds. The molecule has 94 heavy (non-hydrogen) atoms. The number of ether oxygens (including phenoxy) is 24. The lowest BCUT2D eigenvalue weighted by atomic mass is 9.84. The first-order valence-corrected chi connectivity index (χ1v) is 33.8. The summed E-state index contributed by atoms with van der Waals surface area (Å²) in [5.41, 5.74) is 0. The number of esters is 1. The van der Waals surface area contributed by atoms with Gasteiger partial charge in [-0.3, -0.25) is 4.79 Å². The summed E-state index contributed by atoms with van der Waals surface area (Å²) in [6.07, 6.45) is 4.86. The standard InChI is InChI=1S/C26H54O12.C16H33NO7.C11H22O2.C10H22O4.C4H10O/c1-6-24(36-18-15-35-23-26(38-17-10-30-5)21-32-12-8-28-3)19-33-13-14-34-22-25(37-16-9-29-4)20-31-11-7-27-2;1-4-7-21-8-5-6-17-16(18)24-14-15(23-12-10-20-3)13-22-11-9-19-2;1-6-8(2)10(4)9(3)7-13-11(5)12;1-4-10(14-8-6-12-3)9-13-7-5-11-2;1-3-4-5-2/h24-26H,6-23H2,1-5H3;15H,4-14H2,1-3H3,(H,17,18);8-10H,6-7H2,1-5H3;10H,4-9H2,1-3H3;3-4H2,1-2H3. The number of amides is 1. The molecule has 0 aliphatic rings. The van der Waals surface area contributed by atoms with Crippen LogP contribution in [0.3, 0.4) is 0 Å². The van der Waals surface area contributed by atoms with Crippen molar-refractivity contribution < 1.29 is 123 Å². The highest BCUT2D eigenvalue weighted by Crippen LogP contribution is 2.23. The molecule has 0 aliphatic heterocycles. The van der Waals surface area contributed by atoms with Gasteiger partial charge in [-0.2, -0.15) is 0 Å². The molecule has 8 atom stereocenters. The lowest BCUT2D eigenvalue weighted by Crippen LogP contribution is -2.33. The van der Waals surface area contributed by atoms with Crippen LogP contribution in [0.5, 0.6) is 0 Å². The maximum Gasteiger partial charge on any atom is 0.407 e. The van der Waals surface area contributed by atoms with Crippen LogP contribution in [-0.2, 0) is 118 Å². The molecule has 0 aromatic rings. The number of carbonyl (C=O) groups is 2. The van der Waals surface area contributed by atoms with Crippen LogP contribution in [0.4, 0.5) is 4.79 Å². The molecule has 0 spiro atoms. The summed E-state index contributed by atoms with van der Waals surface area (Å²) in [6, 6.07) is 0. The van der Waals surface area contributed by atoms with Crippen LogP contribution in [0, 0.1) is 17.8 Å². The average Bonchev–Trinajstić information content (AvgIpc) is 2.51. The molecular formula is C67H141NO26. The first kappa shape index (κ1) is 101. The molecule has 1 N–H and O–H groups in total. The van der Waals surface area contributed by atoms with Crippen LogP contribution in [0.2, 0.25) is 0 Å². The molecule has 0 radical (unpaired) electrons. The monoisotopic (exact) mass is 1380 g/mol. The predicted molar refractivity (Wildman–Crippen MR) is 362 cm³/mol. The summed E-state index contributed by atoms with van der Waals surface area (Å²) in [6.45, 7) is 35.5. The Morgan fingerprint density at radius 3 is 0.904 bits per heavy atom. The van der Waals surface area contributed by atoms with Crippen molar-refractivity contribution in [1.29, 1.82) is 0 Å².